The number of benzene rings is 1. The van der Waals surface area contributed by atoms with Gasteiger partial charge in [-0.1, -0.05) is 18.2 Å². The molecular weight excluding hydrogens is 252 g/mol. The summed E-state index contributed by atoms with van der Waals surface area (Å²) in [6, 6.07) is 11.9. The zero-order valence-electron chi connectivity index (χ0n) is 10.8. The van der Waals surface area contributed by atoms with Gasteiger partial charge in [-0.05, 0) is 23.6 Å². The highest BCUT2D eigenvalue weighted by Crippen LogP contribution is 2.17. The van der Waals surface area contributed by atoms with Crippen molar-refractivity contribution in [3.05, 3.63) is 60.0 Å². The summed E-state index contributed by atoms with van der Waals surface area (Å²) in [5.74, 6) is -0.489. The summed E-state index contributed by atoms with van der Waals surface area (Å²) in [6.07, 6.45) is 3.09. The van der Waals surface area contributed by atoms with Gasteiger partial charge in [0.2, 0.25) is 0 Å². The second-order valence-electron chi connectivity index (χ2n) is 4.52. The lowest BCUT2D eigenvalue weighted by atomic mass is 10.2. The molecule has 5 heteroatoms. The first-order chi connectivity index (χ1) is 9.74. The normalized spacial score (nSPS) is 10.6. The van der Waals surface area contributed by atoms with Crippen LogP contribution < -0.4 is 11.1 Å². The zero-order chi connectivity index (χ0) is 13.9. The number of anilines is 1. The SMILES string of the molecule is NC(=O)c1cnccc1NCc1cc2ccccc2[nH]1. The highest BCUT2D eigenvalue weighted by Gasteiger charge is 2.08. The molecular formula is C15H14N4O. The lowest BCUT2D eigenvalue weighted by Crippen LogP contribution is -2.14. The summed E-state index contributed by atoms with van der Waals surface area (Å²) in [6.45, 7) is 0.582. The summed E-state index contributed by atoms with van der Waals surface area (Å²) in [7, 11) is 0. The van der Waals surface area contributed by atoms with Gasteiger partial charge >= 0.3 is 0 Å². The van der Waals surface area contributed by atoms with Crippen molar-refractivity contribution in [3.8, 4) is 0 Å². The fourth-order valence-corrected chi connectivity index (χ4v) is 2.16. The first kappa shape index (κ1) is 12.2. The van der Waals surface area contributed by atoms with E-state index in [1.165, 1.54) is 6.20 Å². The molecule has 0 radical (unpaired) electrons. The van der Waals surface area contributed by atoms with E-state index in [1.807, 2.05) is 18.2 Å². The Morgan fingerprint density at radius 3 is 2.95 bits per heavy atom. The maximum Gasteiger partial charge on any atom is 0.252 e. The number of aromatic nitrogens is 2. The topological polar surface area (TPSA) is 83.8 Å². The van der Waals surface area contributed by atoms with Gasteiger partial charge in [-0.2, -0.15) is 0 Å². The number of rotatable bonds is 4. The number of hydrogen-bond acceptors (Lipinski definition) is 3. The number of carbonyl (C=O) groups excluding carboxylic acids is 1. The highest BCUT2D eigenvalue weighted by molar-refractivity contribution is 5.98. The van der Waals surface area contributed by atoms with Crippen LogP contribution in [0.5, 0.6) is 0 Å². The van der Waals surface area contributed by atoms with Crippen LogP contribution in [0.2, 0.25) is 0 Å². The Morgan fingerprint density at radius 2 is 2.15 bits per heavy atom. The number of primary amides is 1. The fraction of sp³-hybridized carbons (Fsp3) is 0.0667. The highest BCUT2D eigenvalue weighted by atomic mass is 16.1. The van der Waals surface area contributed by atoms with E-state index in [1.54, 1.807) is 12.3 Å². The third-order valence-corrected chi connectivity index (χ3v) is 3.14. The van der Waals surface area contributed by atoms with E-state index >= 15 is 0 Å². The molecule has 4 N–H and O–H groups in total. The number of pyridine rings is 1. The van der Waals surface area contributed by atoms with E-state index in [2.05, 4.69) is 27.4 Å². The van der Waals surface area contributed by atoms with Gasteiger partial charge in [-0.15, -0.1) is 0 Å². The number of H-pyrrole nitrogens is 1. The average molecular weight is 266 g/mol. The van der Waals surface area contributed by atoms with Gasteiger partial charge < -0.3 is 16.0 Å². The van der Waals surface area contributed by atoms with Crippen LogP contribution in [0.25, 0.3) is 10.9 Å². The smallest absolute Gasteiger partial charge is 0.252 e. The molecule has 5 nitrogen and oxygen atoms in total. The van der Waals surface area contributed by atoms with Crippen molar-refractivity contribution in [2.24, 2.45) is 5.73 Å². The molecule has 3 rings (SSSR count). The number of nitrogens with one attached hydrogen (secondary N) is 2. The molecule has 100 valence electrons. The molecule has 1 aromatic carbocycles. The van der Waals surface area contributed by atoms with Crippen LogP contribution in [0, 0.1) is 0 Å². The minimum Gasteiger partial charge on any atom is -0.379 e. The van der Waals surface area contributed by atoms with Gasteiger partial charge in [0, 0.05) is 23.6 Å². The van der Waals surface area contributed by atoms with E-state index in [4.69, 9.17) is 5.73 Å². The Balaban J connectivity index is 1.81. The van der Waals surface area contributed by atoms with Crippen molar-refractivity contribution in [3.63, 3.8) is 0 Å². The third kappa shape index (κ3) is 2.33. The minimum atomic E-state index is -0.489. The maximum atomic E-state index is 11.3. The monoisotopic (exact) mass is 266 g/mol. The first-order valence-corrected chi connectivity index (χ1v) is 6.28. The van der Waals surface area contributed by atoms with E-state index in [0.717, 1.165) is 16.6 Å². The molecule has 0 unspecified atom stereocenters. The number of carbonyl (C=O) groups is 1. The van der Waals surface area contributed by atoms with Crippen molar-refractivity contribution < 1.29 is 4.79 Å². The second-order valence-corrected chi connectivity index (χ2v) is 4.52. The molecule has 0 spiro atoms. The number of aromatic amines is 1. The molecule has 0 saturated carbocycles. The van der Waals surface area contributed by atoms with Crippen molar-refractivity contribution in [1.29, 1.82) is 0 Å². The van der Waals surface area contributed by atoms with E-state index in [9.17, 15) is 4.79 Å². The molecule has 2 aromatic heterocycles. The van der Waals surface area contributed by atoms with Crippen LogP contribution in [0.3, 0.4) is 0 Å². The Kier molecular flexibility index (Phi) is 3.09. The lowest BCUT2D eigenvalue weighted by Gasteiger charge is -2.08. The fourth-order valence-electron chi connectivity index (χ4n) is 2.16. The number of amides is 1. The molecule has 0 aliphatic heterocycles. The van der Waals surface area contributed by atoms with Crippen molar-refractivity contribution in [2.75, 3.05) is 5.32 Å². The van der Waals surface area contributed by atoms with Gasteiger partial charge in [0.05, 0.1) is 17.8 Å². The number of hydrogen-bond donors (Lipinski definition) is 3. The van der Waals surface area contributed by atoms with E-state index in [0.29, 0.717) is 17.8 Å². The van der Waals surface area contributed by atoms with Gasteiger partial charge in [0.1, 0.15) is 0 Å². The molecule has 20 heavy (non-hydrogen) atoms. The third-order valence-electron chi connectivity index (χ3n) is 3.14. The van der Waals surface area contributed by atoms with Crippen LogP contribution in [-0.2, 0) is 6.54 Å². The molecule has 0 bridgehead atoms. The predicted octanol–water partition coefficient (Wildman–Crippen LogP) is 2.27. The molecule has 3 aromatic rings. The Bertz CT molecular complexity index is 730. The quantitative estimate of drug-likeness (QED) is 0.677. The largest absolute Gasteiger partial charge is 0.379 e. The summed E-state index contributed by atoms with van der Waals surface area (Å²) in [5.41, 5.74) is 8.53. The number of nitrogens with zero attached hydrogens (tertiary/aromatic N) is 1. The zero-order valence-corrected chi connectivity index (χ0v) is 10.8. The molecule has 1 amide bonds. The van der Waals surface area contributed by atoms with Crippen LogP contribution in [0.1, 0.15) is 16.1 Å². The van der Waals surface area contributed by atoms with Gasteiger partial charge in [-0.3, -0.25) is 9.78 Å². The summed E-state index contributed by atoms with van der Waals surface area (Å²) in [4.78, 5) is 18.5. The van der Waals surface area contributed by atoms with E-state index < -0.39 is 5.91 Å². The second kappa shape index (κ2) is 5.05. The summed E-state index contributed by atoms with van der Waals surface area (Å²) in [5, 5.41) is 4.36. The Hall–Kier alpha value is -2.82. The number of fused-ring (bicyclic) bond motifs is 1. The number of nitrogens with two attached hydrogens (primary N) is 1. The molecule has 0 atom stereocenters. The van der Waals surface area contributed by atoms with Gasteiger partial charge in [0.15, 0.2) is 0 Å². The first-order valence-electron chi connectivity index (χ1n) is 6.28. The van der Waals surface area contributed by atoms with Crippen LogP contribution >= 0.6 is 0 Å². The molecule has 0 fully saturated rings. The van der Waals surface area contributed by atoms with Crippen molar-refractivity contribution >= 4 is 22.5 Å². The molecule has 0 aliphatic rings. The van der Waals surface area contributed by atoms with Gasteiger partial charge in [0.25, 0.3) is 5.91 Å². The van der Waals surface area contributed by atoms with Crippen LogP contribution in [-0.4, -0.2) is 15.9 Å². The van der Waals surface area contributed by atoms with Crippen molar-refractivity contribution in [1.82, 2.24) is 9.97 Å². The lowest BCUT2D eigenvalue weighted by molar-refractivity contribution is 0.100. The van der Waals surface area contributed by atoms with E-state index in [-0.39, 0.29) is 0 Å². The minimum absolute atomic E-state index is 0.392. The maximum absolute atomic E-state index is 11.3. The van der Waals surface area contributed by atoms with Gasteiger partial charge in [-0.25, -0.2) is 0 Å². The Morgan fingerprint density at radius 1 is 1.30 bits per heavy atom. The number of para-hydroxylation sites is 1. The average Bonchev–Trinajstić information content (AvgIpc) is 2.88. The standard InChI is InChI=1S/C15H14N4O/c16-15(20)12-9-17-6-5-14(12)18-8-11-7-10-3-1-2-4-13(10)19-11/h1-7,9,19H,8H2,(H2,16,20)(H,17,18). The summed E-state index contributed by atoms with van der Waals surface area (Å²) >= 11 is 0. The van der Waals surface area contributed by atoms with Crippen LogP contribution in [0.4, 0.5) is 5.69 Å². The van der Waals surface area contributed by atoms with Crippen molar-refractivity contribution in [2.45, 2.75) is 6.54 Å². The molecule has 0 saturated heterocycles. The molecule has 2 heterocycles. The summed E-state index contributed by atoms with van der Waals surface area (Å²) < 4.78 is 0. The van der Waals surface area contributed by atoms with Crippen LogP contribution in [0.15, 0.2) is 48.8 Å². The predicted molar refractivity (Wildman–Crippen MR) is 78.4 cm³/mol. The molecule has 0 aliphatic carbocycles. The Labute approximate surface area is 115 Å².